The first-order valence-corrected chi connectivity index (χ1v) is 7.26. The van der Waals surface area contributed by atoms with E-state index in [4.69, 9.17) is 5.11 Å². The number of rotatable bonds is 2. The van der Waals surface area contributed by atoms with Gasteiger partial charge < -0.3 is 14.9 Å². The summed E-state index contributed by atoms with van der Waals surface area (Å²) < 4.78 is 0. The van der Waals surface area contributed by atoms with Crippen molar-refractivity contribution in [2.45, 2.75) is 32.6 Å². The van der Waals surface area contributed by atoms with E-state index in [0.717, 1.165) is 25.8 Å². The van der Waals surface area contributed by atoms with Crippen LogP contribution in [0.5, 0.6) is 0 Å². The predicted molar refractivity (Wildman–Crippen MR) is 71.9 cm³/mol. The van der Waals surface area contributed by atoms with Crippen LogP contribution < -0.4 is 0 Å². The molecule has 2 aliphatic rings. The van der Waals surface area contributed by atoms with E-state index in [1.165, 1.54) is 6.92 Å². The Morgan fingerprint density at radius 2 is 1.50 bits per heavy atom. The second-order valence-electron chi connectivity index (χ2n) is 5.77. The Hall–Kier alpha value is -1.59. The lowest BCUT2D eigenvalue weighted by Gasteiger charge is -2.37. The average Bonchev–Trinajstić information content (AvgIpc) is 2.46. The second kappa shape index (κ2) is 6.24. The zero-order valence-electron chi connectivity index (χ0n) is 11.9. The van der Waals surface area contributed by atoms with Crippen LogP contribution in [0.1, 0.15) is 32.6 Å². The number of carbonyl (C=O) groups excluding carboxylic acids is 2. The fourth-order valence-corrected chi connectivity index (χ4v) is 3.10. The molecular weight excluding hydrogens is 260 g/mol. The summed E-state index contributed by atoms with van der Waals surface area (Å²) in [7, 11) is 0. The summed E-state index contributed by atoms with van der Waals surface area (Å²) in [5.41, 5.74) is 0. The lowest BCUT2D eigenvalue weighted by atomic mass is 9.93. The second-order valence-corrected chi connectivity index (χ2v) is 5.77. The molecule has 0 aliphatic carbocycles. The summed E-state index contributed by atoms with van der Waals surface area (Å²) in [5, 5.41) is 9.07. The van der Waals surface area contributed by atoms with Crippen molar-refractivity contribution in [3.63, 3.8) is 0 Å². The number of carboxylic acid groups (broad SMARTS) is 1. The van der Waals surface area contributed by atoms with Crippen LogP contribution >= 0.6 is 0 Å². The van der Waals surface area contributed by atoms with Crippen molar-refractivity contribution in [2.24, 2.45) is 11.8 Å². The van der Waals surface area contributed by atoms with Crippen LogP contribution in [-0.2, 0) is 14.4 Å². The quantitative estimate of drug-likeness (QED) is 0.803. The van der Waals surface area contributed by atoms with Gasteiger partial charge in [-0.3, -0.25) is 14.4 Å². The van der Waals surface area contributed by atoms with Gasteiger partial charge in [0, 0.05) is 33.1 Å². The van der Waals surface area contributed by atoms with Crippen molar-refractivity contribution >= 4 is 17.8 Å². The molecule has 1 unspecified atom stereocenters. The topological polar surface area (TPSA) is 77.9 Å². The number of carbonyl (C=O) groups is 3. The number of carboxylic acids is 1. The Morgan fingerprint density at radius 1 is 0.950 bits per heavy atom. The minimum atomic E-state index is -0.823. The highest BCUT2D eigenvalue weighted by Gasteiger charge is 2.34. The summed E-state index contributed by atoms with van der Waals surface area (Å²) in [6.07, 6.45) is 3.01. The number of hydrogen-bond donors (Lipinski definition) is 1. The number of likely N-dealkylation sites (tertiary alicyclic amines) is 2. The van der Waals surface area contributed by atoms with Crippen LogP contribution in [0.4, 0.5) is 0 Å². The number of piperidine rings is 2. The van der Waals surface area contributed by atoms with Crippen LogP contribution in [0.3, 0.4) is 0 Å². The molecule has 6 nitrogen and oxygen atoms in total. The number of aliphatic carboxylic acids is 1. The minimum absolute atomic E-state index is 0.00422. The predicted octanol–water partition coefficient (Wildman–Crippen LogP) is 0.568. The third kappa shape index (κ3) is 3.29. The zero-order chi connectivity index (χ0) is 14.7. The summed E-state index contributed by atoms with van der Waals surface area (Å²) in [4.78, 5) is 38.3. The third-order valence-corrected chi connectivity index (χ3v) is 4.30. The van der Waals surface area contributed by atoms with Crippen LogP contribution in [0.15, 0.2) is 0 Å². The molecule has 0 saturated carbocycles. The van der Waals surface area contributed by atoms with Crippen molar-refractivity contribution in [3.05, 3.63) is 0 Å². The maximum absolute atomic E-state index is 12.5. The molecule has 0 spiro atoms. The molecule has 6 heteroatoms. The Labute approximate surface area is 118 Å². The summed E-state index contributed by atoms with van der Waals surface area (Å²) in [5.74, 6) is -1.41. The van der Waals surface area contributed by atoms with Gasteiger partial charge in [0.1, 0.15) is 0 Å². The van der Waals surface area contributed by atoms with E-state index in [1.807, 2.05) is 0 Å². The fourth-order valence-electron chi connectivity index (χ4n) is 3.10. The average molecular weight is 282 g/mol. The lowest BCUT2D eigenvalue weighted by Crippen LogP contribution is -2.49. The molecule has 2 aliphatic heterocycles. The van der Waals surface area contributed by atoms with Gasteiger partial charge in [-0.25, -0.2) is 0 Å². The Balaban J connectivity index is 1.96. The molecule has 2 rings (SSSR count). The number of amides is 2. The van der Waals surface area contributed by atoms with E-state index < -0.39 is 11.9 Å². The van der Waals surface area contributed by atoms with E-state index >= 15 is 0 Å². The standard InChI is InChI=1S/C14H22N2O4/c1-10(17)15-6-2-4-11(8-15)13(18)16-7-3-5-12(9-16)14(19)20/h11-12H,2-9H2,1H3,(H,19,20)/t11?,12-/m0/s1. The third-order valence-electron chi connectivity index (χ3n) is 4.30. The van der Waals surface area contributed by atoms with Crippen molar-refractivity contribution in [3.8, 4) is 0 Å². The van der Waals surface area contributed by atoms with Gasteiger partial charge in [-0.1, -0.05) is 0 Å². The fraction of sp³-hybridized carbons (Fsp3) is 0.786. The normalized spacial score (nSPS) is 27.2. The SMILES string of the molecule is CC(=O)N1CCCC(C(=O)N2CCC[C@H](C(=O)O)C2)C1. The molecule has 0 aromatic heterocycles. The van der Waals surface area contributed by atoms with Gasteiger partial charge >= 0.3 is 5.97 Å². The summed E-state index contributed by atoms with van der Waals surface area (Å²) in [6, 6.07) is 0. The highest BCUT2D eigenvalue weighted by molar-refractivity contribution is 5.81. The monoisotopic (exact) mass is 282 g/mol. The number of nitrogens with zero attached hydrogens (tertiary/aromatic N) is 2. The van der Waals surface area contributed by atoms with E-state index in [1.54, 1.807) is 9.80 Å². The van der Waals surface area contributed by atoms with Crippen molar-refractivity contribution in [2.75, 3.05) is 26.2 Å². The van der Waals surface area contributed by atoms with Crippen LogP contribution in [0.2, 0.25) is 0 Å². The van der Waals surface area contributed by atoms with E-state index in [0.29, 0.717) is 26.1 Å². The minimum Gasteiger partial charge on any atom is -0.481 e. The first-order chi connectivity index (χ1) is 9.49. The van der Waals surface area contributed by atoms with Crippen LogP contribution in [0, 0.1) is 11.8 Å². The van der Waals surface area contributed by atoms with E-state index in [-0.39, 0.29) is 17.7 Å². The molecule has 0 bridgehead atoms. The molecule has 2 atom stereocenters. The van der Waals surface area contributed by atoms with Gasteiger partial charge in [-0.15, -0.1) is 0 Å². The molecule has 0 aromatic carbocycles. The highest BCUT2D eigenvalue weighted by Crippen LogP contribution is 2.23. The van der Waals surface area contributed by atoms with E-state index in [9.17, 15) is 14.4 Å². The van der Waals surface area contributed by atoms with Gasteiger partial charge in [-0.05, 0) is 25.7 Å². The van der Waals surface area contributed by atoms with Crippen molar-refractivity contribution < 1.29 is 19.5 Å². The smallest absolute Gasteiger partial charge is 0.308 e. The Kier molecular flexibility index (Phi) is 4.62. The Morgan fingerprint density at radius 3 is 2.10 bits per heavy atom. The van der Waals surface area contributed by atoms with Gasteiger partial charge in [0.05, 0.1) is 11.8 Å². The molecule has 2 fully saturated rings. The first kappa shape index (κ1) is 14.8. The van der Waals surface area contributed by atoms with Crippen LogP contribution in [0.25, 0.3) is 0 Å². The summed E-state index contributed by atoms with van der Waals surface area (Å²) in [6.45, 7) is 3.66. The number of hydrogen-bond acceptors (Lipinski definition) is 3. The molecule has 2 amide bonds. The molecule has 112 valence electrons. The molecule has 1 N–H and O–H groups in total. The highest BCUT2D eigenvalue weighted by atomic mass is 16.4. The first-order valence-electron chi connectivity index (χ1n) is 7.26. The molecule has 0 aromatic rings. The maximum Gasteiger partial charge on any atom is 0.308 e. The molecular formula is C14H22N2O4. The van der Waals surface area contributed by atoms with E-state index in [2.05, 4.69) is 0 Å². The maximum atomic E-state index is 12.5. The van der Waals surface area contributed by atoms with Crippen molar-refractivity contribution in [1.29, 1.82) is 0 Å². The zero-order valence-corrected chi connectivity index (χ0v) is 11.9. The lowest BCUT2D eigenvalue weighted by molar-refractivity contribution is -0.147. The summed E-state index contributed by atoms with van der Waals surface area (Å²) >= 11 is 0. The van der Waals surface area contributed by atoms with Gasteiger partial charge in [-0.2, -0.15) is 0 Å². The molecule has 2 saturated heterocycles. The van der Waals surface area contributed by atoms with Gasteiger partial charge in [0.15, 0.2) is 0 Å². The van der Waals surface area contributed by atoms with Crippen molar-refractivity contribution in [1.82, 2.24) is 9.80 Å². The molecule has 0 radical (unpaired) electrons. The molecule has 2 heterocycles. The van der Waals surface area contributed by atoms with Crippen LogP contribution in [-0.4, -0.2) is 58.9 Å². The van der Waals surface area contributed by atoms with Gasteiger partial charge in [0.25, 0.3) is 0 Å². The Bertz CT molecular complexity index is 374. The molecule has 20 heavy (non-hydrogen) atoms. The largest absolute Gasteiger partial charge is 0.481 e. The van der Waals surface area contributed by atoms with Gasteiger partial charge in [0.2, 0.25) is 11.8 Å².